The summed E-state index contributed by atoms with van der Waals surface area (Å²) in [5.74, 6) is 0. The van der Waals surface area contributed by atoms with Crippen molar-refractivity contribution in [1.82, 2.24) is 8.80 Å². The molecular formula is C60H50N4. The molecule has 0 aliphatic heterocycles. The Bertz CT molecular complexity index is 3850. The first kappa shape index (κ1) is 37.3. The molecule has 0 N–H and O–H groups in total. The molecule has 4 nitrogen and oxygen atoms in total. The standard InChI is InChI=1S/C60H50N4/c1-35-29-43(30-36(2)39(35)5)61(41-17-9-7-10-18-41)53-27-25-45-49-33-56-50(34-55(49)63-51-23-15-13-21-47(51)57(53)59(45)63)46-26-28-54(58-48-22-14-16-24-52(48)64(56)60(46)58)62(42-19-11-8-12-20-42)44-31-37(3)40(6)38(4)32-44/h7-19,21-25,27,29-34,42H,20,26,28H2,1-6H3. The van der Waals surface area contributed by atoms with Gasteiger partial charge in [0.15, 0.2) is 0 Å². The van der Waals surface area contributed by atoms with Gasteiger partial charge in [0.1, 0.15) is 0 Å². The summed E-state index contributed by atoms with van der Waals surface area (Å²) in [6, 6.07) is 48.8. The van der Waals surface area contributed by atoms with E-state index in [0.29, 0.717) is 0 Å². The lowest BCUT2D eigenvalue weighted by Crippen LogP contribution is -2.37. The predicted molar refractivity (Wildman–Crippen MR) is 273 cm³/mol. The second kappa shape index (κ2) is 13.6. The summed E-state index contributed by atoms with van der Waals surface area (Å²) in [4.78, 5) is 5.17. The zero-order valence-electron chi connectivity index (χ0n) is 37.4. The van der Waals surface area contributed by atoms with Crippen LogP contribution in [0.5, 0.6) is 0 Å². The minimum atomic E-state index is 0.243. The van der Waals surface area contributed by atoms with Crippen molar-refractivity contribution in [2.45, 2.75) is 66.8 Å². The average molecular weight is 827 g/mol. The molecule has 2 aliphatic carbocycles. The molecule has 2 aliphatic rings. The van der Waals surface area contributed by atoms with Crippen LogP contribution in [0.1, 0.15) is 51.8 Å². The maximum absolute atomic E-state index is 2.69. The van der Waals surface area contributed by atoms with E-state index in [1.54, 1.807) is 0 Å². The van der Waals surface area contributed by atoms with Crippen LogP contribution in [-0.2, 0) is 6.42 Å². The zero-order valence-corrected chi connectivity index (χ0v) is 37.4. The van der Waals surface area contributed by atoms with Crippen molar-refractivity contribution in [2.24, 2.45) is 0 Å². The quantitative estimate of drug-likeness (QED) is 0.166. The fourth-order valence-electron chi connectivity index (χ4n) is 11.8. The van der Waals surface area contributed by atoms with E-state index in [1.807, 2.05) is 0 Å². The number of aromatic nitrogens is 2. The highest BCUT2D eigenvalue weighted by Gasteiger charge is 2.31. The number of aryl methyl sites for hydroxylation is 5. The Morgan fingerprint density at radius 3 is 1.80 bits per heavy atom. The average Bonchev–Trinajstić information content (AvgIpc) is 4.04. The van der Waals surface area contributed by atoms with E-state index in [1.165, 1.54) is 132 Å². The van der Waals surface area contributed by atoms with E-state index in [-0.39, 0.29) is 6.04 Å². The summed E-state index contributed by atoms with van der Waals surface area (Å²) in [5, 5.41) is 9.25. The summed E-state index contributed by atoms with van der Waals surface area (Å²) in [7, 11) is 0. The van der Waals surface area contributed by atoms with Crippen LogP contribution < -0.4 is 15.0 Å². The number of allylic oxidation sites excluding steroid dienone is 2. The normalized spacial score (nSPS) is 15.2. The lowest BCUT2D eigenvalue weighted by atomic mass is 9.93. The number of benzene rings is 7. The maximum Gasteiger partial charge on any atom is 0.0641 e. The van der Waals surface area contributed by atoms with Crippen LogP contribution in [0.4, 0.5) is 22.7 Å². The second-order valence-electron chi connectivity index (χ2n) is 18.7. The number of para-hydroxylation sites is 3. The number of rotatable bonds is 6. The summed E-state index contributed by atoms with van der Waals surface area (Å²) in [6.45, 7) is 13.5. The van der Waals surface area contributed by atoms with Gasteiger partial charge in [0.2, 0.25) is 0 Å². The number of fused-ring (bicyclic) bond motifs is 12. The molecular weight excluding hydrogens is 777 g/mol. The first-order chi connectivity index (χ1) is 31.3. The number of hydrogen-bond donors (Lipinski definition) is 0. The van der Waals surface area contributed by atoms with Gasteiger partial charge in [-0.15, -0.1) is 0 Å². The Hall–Kier alpha value is -7.30. The van der Waals surface area contributed by atoms with Gasteiger partial charge < -0.3 is 18.6 Å². The van der Waals surface area contributed by atoms with Crippen LogP contribution in [0.3, 0.4) is 0 Å². The number of nitrogens with zero attached hydrogens (tertiary/aromatic N) is 4. The molecule has 7 aromatic carbocycles. The largest absolute Gasteiger partial charge is 0.337 e. The molecule has 0 fully saturated rings. The molecule has 0 spiro atoms. The number of hydrogen-bond acceptors (Lipinski definition) is 2. The van der Waals surface area contributed by atoms with Crippen molar-refractivity contribution in [3.05, 3.63) is 196 Å². The molecule has 64 heavy (non-hydrogen) atoms. The Morgan fingerprint density at radius 1 is 0.484 bits per heavy atom. The highest BCUT2D eigenvalue weighted by Crippen LogP contribution is 2.49. The van der Waals surface area contributed by atoms with Gasteiger partial charge in [0.25, 0.3) is 0 Å². The highest BCUT2D eigenvalue weighted by atomic mass is 15.2. The van der Waals surface area contributed by atoms with Crippen LogP contribution in [0.2, 0.25) is 0 Å². The minimum absolute atomic E-state index is 0.243. The Kier molecular flexibility index (Phi) is 7.92. The zero-order chi connectivity index (χ0) is 43.1. The minimum Gasteiger partial charge on any atom is -0.337 e. The van der Waals surface area contributed by atoms with Gasteiger partial charge in [-0.3, -0.25) is 0 Å². The van der Waals surface area contributed by atoms with Crippen LogP contribution in [0, 0.1) is 41.5 Å². The molecule has 0 saturated heterocycles. The SMILES string of the molecule is Cc1cc(N(c2ccccc2)c2ccc3c4cc5c(cc4n4c6ccccc6c2c34)c2c3c(c4ccccc4n35)=C(N(c3cc(C)c(C)c(C)c3)C3C=CC=CC3)CC2)cc(C)c1C. The third kappa shape index (κ3) is 5.05. The van der Waals surface area contributed by atoms with E-state index >= 15 is 0 Å². The fourth-order valence-corrected chi connectivity index (χ4v) is 11.8. The van der Waals surface area contributed by atoms with Gasteiger partial charge in [-0.05, 0) is 166 Å². The van der Waals surface area contributed by atoms with Gasteiger partial charge in [-0.25, -0.2) is 0 Å². The van der Waals surface area contributed by atoms with Crippen LogP contribution in [0.15, 0.2) is 152 Å². The summed E-state index contributed by atoms with van der Waals surface area (Å²) in [5.41, 5.74) is 23.5. The molecule has 1 atom stereocenters. The van der Waals surface area contributed by atoms with Crippen LogP contribution in [0.25, 0.3) is 71.1 Å². The molecule has 4 aromatic heterocycles. The molecule has 0 bridgehead atoms. The first-order valence-corrected chi connectivity index (χ1v) is 23.0. The van der Waals surface area contributed by atoms with E-state index in [4.69, 9.17) is 0 Å². The molecule has 0 radical (unpaired) electrons. The third-order valence-corrected chi connectivity index (χ3v) is 15.3. The molecule has 4 heterocycles. The van der Waals surface area contributed by atoms with Crippen molar-refractivity contribution >= 4 is 93.9 Å². The Morgan fingerprint density at radius 2 is 1.09 bits per heavy atom. The van der Waals surface area contributed by atoms with Crippen molar-refractivity contribution in [3.63, 3.8) is 0 Å². The molecule has 0 amide bonds. The van der Waals surface area contributed by atoms with Crippen molar-refractivity contribution in [2.75, 3.05) is 9.80 Å². The van der Waals surface area contributed by atoms with Crippen molar-refractivity contribution < 1.29 is 0 Å². The maximum atomic E-state index is 2.69. The lowest BCUT2D eigenvalue weighted by Gasteiger charge is -2.36. The third-order valence-electron chi connectivity index (χ3n) is 15.3. The Labute approximate surface area is 373 Å². The second-order valence-corrected chi connectivity index (χ2v) is 18.7. The summed E-state index contributed by atoms with van der Waals surface area (Å²) in [6.07, 6.45) is 12.1. The first-order valence-electron chi connectivity index (χ1n) is 23.0. The summed E-state index contributed by atoms with van der Waals surface area (Å²) < 4.78 is 5.19. The molecule has 11 aromatic rings. The predicted octanol–water partition coefficient (Wildman–Crippen LogP) is 14.9. The lowest BCUT2D eigenvalue weighted by molar-refractivity contribution is 0.764. The van der Waals surface area contributed by atoms with Gasteiger partial charge in [0, 0.05) is 60.3 Å². The van der Waals surface area contributed by atoms with Crippen molar-refractivity contribution in [1.29, 1.82) is 0 Å². The van der Waals surface area contributed by atoms with E-state index < -0.39 is 0 Å². The summed E-state index contributed by atoms with van der Waals surface area (Å²) >= 11 is 0. The number of anilines is 4. The topological polar surface area (TPSA) is 15.3 Å². The molecule has 1 unspecified atom stereocenters. The van der Waals surface area contributed by atoms with Crippen LogP contribution in [-0.4, -0.2) is 14.8 Å². The van der Waals surface area contributed by atoms with E-state index in [2.05, 4.69) is 212 Å². The highest BCUT2D eigenvalue weighted by molar-refractivity contribution is 6.28. The smallest absolute Gasteiger partial charge is 0.0641 e. The molecule has 310 valence electrons. The molecule has 0 saturated carbocycles. The van der Waals surface area contributed by atoms with E-state index in [9.17, 15) is 0 Å². The van der Waals surface area contributed by atoms with E-state index in [0.717, 1.165) is 24.9 Å². The molecule has 13 rings (SSSR count). The van der Waals surface area contributed by atoms with Gasteiger partial charge in [-0.1, -0.05) is 85.0 Å². The monoisotopic (exact) mass is 826 g/mol. The molecule has 4 heteroatoms. The Balaban J connectivity index is 1.12. The van der Waals surface area contributed by atoms with Crippen molar-refractivity contribution in [3.8, 4) is 0 Å². The van der Waals surface area contributed by atoms with Gasteiger partial charge in [0.05, 0.1) is 44.8 Å². The fraction of sp³-hybridized carbons (Fsp3) is 0.167. The van der Waals surface area contributed by atoms with Crippen LogP contribution >= 0.6 is 0 Å². The van der Waals surface area contributed by atoms with Gasteiger partial charge in [-0.2, -0.15) is 0 Å². The van der Waals surface area contributed by atoms with Gasteiger partial charge >= 0.3 is 0 Å².